The van der Waals surface area contributed by atoms with Crippen molar-refractivity contribution in [2.24, 2.45) is 0 Å². The minimum atomic E-state index is 0.115. The third-order valence-electron chi connectivity index (χ3n) is 7.75. The van der Waals surface area contributed by atoms with Gasteiger partial charge in [0.1, 0.15) is 0 Å². The number of carbonyl (C=O) groups excluding carboxylic acids is 1. The van der Waals surface area contributed by atoms with Crippen molar-refractivity contribution in [2.75, 3.05) is 19.8 Å². The molecule has 4 heterocycles. The number of hydrogen-bond donors (Lipinski definition) is 0. The van der Waals surface area contributed by atoms with E-state index in [1.165, 1.54) is 16.8 Å². The number of fused-ring (bicyclic) bond motifs is 2. The highest BCUT2D eigenvalue weighted by Crippen LogP contribution is 2.37. The van der Waals surface area contributed by atoms with Crippen LogP contribution in [0.3, 0.4) is 0 Å². The maximum Gasteiger partial charge on any atom is 0.219 e. The first-order chi connectivity index (χ1) is 17.6. The number of benzene rings is 2. The molecule has 0 N–H and O–H groups in total. The van der Waals surface area contributed by atoms with E-state index in [1.54, 1.807) is 6.92 Å². The molecule has 1 fully saturated rings. The normalized spacial score (nSPS) is 16.3. The average molecular weight is 481 g/mol. The molecule has 2 aromatic carbocycles. The van der Waals surface area contributed by atoms with E-state index in [9.17, 15) is 4.79 Å². The first-order valence-corrected chi connectivity index (χ1v) is 13.0. The van der Waals surface area contributed by atoms with Crippen LogP contribution < -0.4 is 0 Å². The van der Waals surface area contributed by atoms with Gasteiger partial charge in [0.25, 0.3) is 0 Å². The maximum atomic E-state index is 12.3. The number of pyridine rings is 1. The Balaban J connectivity index is 1.45. The largest absolute Gasteiger partial charge is 0.381 e. The Bertz CT molecular complexity index is 1420. The van der Waals surface area contributed by atoms with Crippen LogP contribution in [0.25, 0.3) is 33.3 Å². The van der Waals surface area contributed by atoms with Crippen molar-refractivity contribution in [1.82, 2.24) is 19.7 Å². The van der Waals surface area contributed by atoms with Crippen molar-refractivity contribution in [3.8, 4) is 22.5 Å². The number of hydrogen-bond acceptors (Lipinski definition) is 4. The van der Waals surface area contributed by atoms with Crippen LogP contribution in [0.15, 0.2) is 54.7 Å². The van der Waals surface area contributed by atoms with Gasteiger partial charge >= 0.3 is 0 Å². The second-order valence-electron chi connectivity index (χ2n) is 9.90. The molecule has 1 saturated heterocycles. The Morgan fingerprint density at radius 3 is 2.67 bits per heavy atom. The minimum Gasteiger partial charge on any atom is -0.381 e. The third-order valence-corrected chi connectivity index (χ3v) is 7.75. The molecule has 184 valence electrons. The highest BCUT2D eigenvalue weighted by atomic mass is 16.5. The number of amides is 1. The molecule has 6 nitrogen and oxygen atoms in total. The van der Waals surface area contributed by atoms with Gasteiger partial charge in [-0.2, -0.15) is 5.10 Å². The highest BCUT2D eigenvalue weighted by Gasteiger charge is 2.30. The van der Waals surface area contributed by atoms with E-state index in [4.69, 9.17) is 14.8 Å². The van der Waals surface area contributed by atoms with Gasteiger partial charge in [-0.3, -0.25) is 14.5 Å². The summed E-state index contributed by atoms with van der Waals surface area (Å²) in [5.41, 5.74) is 7.93. The van der Waals surface area contributed by atoms with Gasteiger partial charge in [0, 0.05) is 73.6 Å². The molecule has 0 atom stereocenters. The first kappa shape index (κ1) is 22.9. The summed E-state index contributed by atoms with van der Waals surface area (Å²) in [6, 6.07) is 17.6. The van der Waals surface area contributed by atoms with Crippen LogP contribution in [-0.2, 0) is 28.9 Å². The fraction of sp³-hybridized carbons (Fsp3) is 0.367. The van der Waals surface area contributed by atoms with Gasteiger partial charge in [0.05, 0.1) is 17.4 Å². The quantitative estimate of drug-likeness (QED) is 0.382. The first-order valence-electron chi connectivity index (χ1n) is 13.0. The van der Waals surface area contributed by atoms with Crippen molar-refractivity contribution < 1.29 is 9.53 Å². The van der Waals surface area contributed by atoms with E-state index in [0.717, 1.165) is 78.7 Å². The van der Waals surface area contributed by atoms with Crippen LogP contribution in [0.5, 0.6) is 0 Å². The van der Waals surface area contributed by atoms with Gasteiger partial charge in [-0.1, -0.05) is 49.4 Å². The van der Waals surface area contributed by atoms with E-state index in [0.29, 0.717) is 12.6 Å². The molecule has 36 heavy (non-hydrogen) atoms. The molecule has 1 amide bonds. The Labute approximate surface area is 211 Å². The lowest BCUT2D eigenvalue weighted by molar-refractivity contribution is -0.129. The number of nitrogens with zero attached hydrogens (tertiary/aromatic N) is 4. The summed E-state index contributed by atoms with van der Waals surface area (Å²) in [4.78, 5) is 19.1. The molecule has 0 saturated carbocycles. The molecule has 0 aliphatic carbocycles. The lowest BCUT2D eigenvalue weighted by Crippen LogP contribution is -2.35. The predicted molar refractivity (Wildman–Crippen MR) is 142 cm³/mol. The van der Waals surface area contributed by atoms with E-state index in [-0.39, 0.29) is 5.91 Å². The zero-order valence-electron chi connectivity index (χ0n) is 21.0. The molecule has 0 bridgehead atoms. The smallest absolute Gasteiger partial charge is 0.219 e. The van der Waals surface area contributed by atoms with E-state index in [1.807, 2.05) is 11.1 Å². The standard InChI is InChI=1S/C30H32N4O2/c1-3-21-7-9-22(10-8-21)28-17-23-5-4-6-25(26(23)18-31-28)30-27-19-33(20(2)35)14-11-29(27)34(32-30)24-12-15-36-16-13-24/h4-10,17-18,24H,3,11-16,19H2,1-2H3. The van der Waals surface area contributed by atoms with Gasteiger partial charge in [-0.05, 0) is 36.3 Å². The summed E-state index contributed by atoms with van der Waals surface area (Å²) in [6.45, 7) is 6.72. The summed E-state index contributed by atoms with van der Waals surface area (Å²) < 4.78 is 7.87. The minimum absolute atomic E-state index is 0.115. The monoisotopic (exact) mass is 480 g/mol. The van der Waals surface area contributed by atoms with Gasteiger partial charge in [0.15, 0.2) is 0 Å². The molecule has 0 radical (unpaired) electrons. The lowest BCUT2D eigenvalue weighted by atomic mass is 9.96. The molecule has 0 unspecified atom stereocenters. The van der Waals surface area contributed by atoms with Gasteiger partial charge in [-0.25, -0.2) is 0 Å². The van der Waals surface area contributed by atoms with Crippen LogP contribution in [0.1, 0.15) is 49.6 Å². The second kappa shape index (κ2) is 9.51. The topological polar surface area (TPSA) is 60.2 Å². The van der Waals surface area contributed by atoms with Crippen LogP contribution in [0.2, 0.25) is 0 Å². The summed E-state index contributed by atoms with van der Waals surface area (Å²) in [5.74, 6) is 0.115. The molecule has 0 spiro atoms. The zero-order chi connectivity index (χ0) is 24.6. The molecular weight excluding hydrogens is 448 g/mol. The highest BCUT2D eigenvalue weighted by molar-refractivity contribution is 5.97. The molecule has 2 aromatic heterocycles. The summed E-state index contributed by atoms with van der Waals surface area (Å²) in [6.07, 6.45) is 5.79. The van der Waals surface area contributed by atoms with Crippen molar-refractivity contribution in [3.63, 3.8) is 0 Å². The Morgan fingerprint density at radius 2 is 1.92 bits per heavy atom. The average Bonchev–Trinajstić information content (AvgIpc) is 3.31. The summed E-state index contributed by atoms with van der Waals surface area (Å²) in [7, 11) is 0. The maximum absolute atomic E-state index is 12.3. The van der Waals surface area contributed by atoms with E-state index in [2.05, 4.69) is 60.1 Å². The zero-order valence-corrected chi connectivity index (χ0v) is 21.0. The Kier molecular flexibility index (Phi) is 6.05. The van der Waals surface area contributed by atoms with Crippen LogP contribution in [0, 0.1) is 0 Å². The molecule has 6 heteroatoms. The number of aromatic nitrogens is 3. The van der Waals surface area contributed by atoms with Gasteiger partial charge < -0.3 is 9.64 Å². The fourth-order valence-electron chi connectivity index (χ4n) is 5.61. The number of aryl methyl sites for hydroxylation is 1. The predicted octanol–water partition coefficient (Wildman–Crippen LogP) is 5.58. The van der Waals surface area contributed by atoms with Crippen molar-refractivity contribution in [1.29, 1.82) is 0 Å². The van der Waals surface area contributed by atoms with Crippen LogP contribution in [0.4, 0.5) is 0 Å². The molecular formula is C30H32N4O2. The van der Waals surface area contributed by atoms with Crippen molar-refractivity contribution in [3.05, 3.63) is 71.5 Å². The van der Waals surface area contributed by atoms with Crippen molar-refractivity contribution >= 4 is 16.7 Å². The molecule has 2 aliphatic heterocycles. The summed E-state index contributed by atoms with van der Waals surface area (Å²) >= 11 is 0. The molecule has 6 rings (SSSR count). The van der Waals surface area contributed by atoms with E-state index < -0.39 is 0 Å². The Hall–Kier alpha value is -3.51. The number of ether oxygens (including phenoxy) is 1. The number of rotatable bonds is 4. The Morgan fingerprint density at radius 1 is 1.11 bits per heavy atom. The van der Waals surface area contributed by atoms with Crippen LogP contribution in [-0.4, -0.2) is 45.3 Å². The van der Waals surface area contributed by atoms with Gasteiger partial charge in [-0.15, -0.1) is 0 Å². The molecule has 2 aliphatic rings. The van der Waals surface area contributed by atoms with Crippen molar-refractivity contribution in [2.45, 2.75) is 52.1 Å². The fourth-order valence-corrected chi connectivity index (χ4v) is 5.61. The second-order valence-corrected chi connectivity index (χ2v) is 9.90. The SMILES string of the molecule is CCc1ccc(-c2cc3cccc(-c4nn(C5CCOCC5)c5c4CN(C(C)=O)CC5)c3cn2)cc1. The third kappa shape index (κ3) is 4.09. The van der Waals surface area contributed by atoms with Gasteiger partial charge in [0.2, 0.25) is 5.91 Å². The van der Waals surface area contributed by atoms with E-state index >= 15 is 0 Å². The lowest BCUT2D eigenvalue weighted by Gasteiger charge is -2.29. The van der Waals surface area contributed by atoms with Crippen LogP contribution >= 0.6 is 0 Å². The summed E-state index contributed by atoms with van der Waals surface area (Å²) in [5, 5.41) is 7.46. The molecule has 4 aromatic rings. The number of carbonyl (C=O) groups is 1.